The van der Waals surface area contributed by atoms with Crippen LogP contribution in [-0.4, -0.2) is 31.7 Å². The summed E-state index contributed by atoms with van der Waals surface area (Å²) < 4.78 is 11.0. The minimum absolute atomic E-state index is 0.272. The Kier molecular flexibility index (Phi) is 8.60. The first-order valence-corrected chi connectivity index (χ1v) is 10.5. The van der Waals surface area contributed by atoms with E-state index in [1.807, 2.05) is 12.1 Å². The average molecular weight is 477 g/mol. The zero-order valence-electron chi connectivity index (χ0n) is 18.2. The molecule has 0 radical (unpaired) electrons. The maximum atomic E-state index is 12.3. The van der Waals surface area contributed by atoms with Crippen molar-refractivity contribution >= 4 is 29.6 Å². The molecule has 34 heavy (non-hydrogen) atoms. The molecule has 0 atom stereocenters. The normalized spacial score (nSPS) is 10.4. The molecule has 9 heteroatoms. The Morgan fingerprint density at radius 3 is 2.59 bits per heavy atom. The van der Waals surface area contributed by atoms with Crippen molar-refractivity contribution in [1.29, 1.82) is 5.26 Å². The van der Waals surface area contributed by atoms with Crippen molar-refractivity contribution in [1.82, 2.24) is 10.7 Å². The lowest BCUT2D eigenvalue weighted by Crippen LogP contribution is -2.35. The van der Waals surface area contributed by atoms with Crippen LogP contribution >= 0.6 is 11.6 Å². The number of para-hydroxylation sites is 1. The van der Waals surface area contributed by atoms with E-state index in [-0.39, 0.29) is 13.2 Å². The molecule has 3 aromatic carbocycles. The Morgan fingerprint density at radius 1 is 1.09 bits per heavy atom. The molecule has 3 aromatic rings. The van der Waals surface area contributed by atoms with E-state index in [1.54, 1.807) is 54.6 Å². The zero-order valence-corrected chi connectivity index (χ0v) is 19.0. The SMILES string of the molecule is COc1ccccc1C(=O)NCC(=O)NN=Cc1cc(Cl)ccc1OCc1ccc(C#N)cc1. The average Bonchev–Trinajstić information content (AvgIpc) is 2.87. The Hall–Kier alpha value is -4.35. The standard InChI is InChI=1S/C25H21ClN4O4/c1-33-23-5-3-2-4-21(23)25(32)28-15-24(31)30-29-14-19-12-20(26)10-11-22(19)34-16-18-8-6-17(13-27)7-9-18/h2-12,14H,15-16H2,1H3,(H,28,32)(H,30,31). The summed E-state index contributed by atoms with van der Waals surface area (Å²) in [5.41, 5.74) is 4.69. The van der Waals surface area contributed by atoms with Gasteiger partial charge in [-0.25, -0.2) is 5.43 Å². The van der Waals surface area contributed by atoms with E-state index < -0.39 is 11.8 Å². The number of methoxy groups -OCH3 is 1. The van der Waals surface area contributed by atoms with Gasteiger partial charge in [0.15, 0.2) is 0 Å². The van der Waals surface area contributed by atoms with Crippen molar-refractivity contribution in [3.8, 4) is 17.6 Å². The van der Waals surface area contributed by atoms with Crippen LogP contribution in [0.2, 0.25) is 5.02 Å². The third-order valence-corrected chi connectivity index (χ3v) is 4.84. The number of nitrogens with one attached hydrogen (secondary N) is 2. The topological polar surface area (TPSA) is 113 Å². The van der Waals surface area contributed by atoms with Gasteiger partial charge in [0.1, 0.15) is 18.1 Å². The fraction of sp³-hybridized carbons (Fsp3) is 0.120. The summed E-state index contributed by atoms with van der Waals surface area (Å²) >= 11 is 6.08. The third kappa shape index (κ3) is 6.82. The van der Waals surface area contributed by atoms with Gasteiger partial charge in [-0.05, 0) is 48.0 Å². The van der Waals surface area contributed by atoms with Crippen LogP contribution in [0.1, 0.15) is 27.0 Å². The molecule has 0 saturated heterocycles. The van der Waals surface area contributed by atoms with Crippen molar-refractivity contribution < 1.29 is 19.1 Å². The molecule has 0 spiro atoms. The molecule has 0 aromatic heterocycles. The molecular weight excluding hydrogens is 456 g/mol. The fourth-order valence-electron chi connectivity index (χ4n) is 2.89. The Morgan fingerprint density at radius 2 is 1.85 bits per heavy atom. The number of nitrogens with zero attached hydrogens (tertiary/aromatic N) is 2. The fourth-order valence-corrected chi connectivity index (χ4v) is 3.07. The molecule has 2 N–H and O–H groups in total. The molecule has 8 nitrogen and oxygen atoms in total. The monoisotopic (exact) mass is 476 g/mol. The molecule has 0 aliphatic carbocycles. The van der Waals surface area contributed by atoms with Crippen molar-refractivity contribution in [2.75, 3.05) is 13.7 Å². The molecule has 0 unspecified atom stereocenters. The summed E-state index contributed by atoms with van der Waals surface area (Å²) in [7, 11) is 1.46. The van der Waals surface area contributed by atoms with Gasteiger partial charge in [-0.3, -0.25) is 9.59 Å². The van der Waals surface area contributed by atoms with Crippen LogP contribution in [0, 0.1) is 11.3 Å². The minimum Gasteiger partial charge on any atom is -0.496 e. The van der Waals surface area contributed by atoms with Gasteiger partial charge in [-0.1, -0.05) is 35.9 Å². The molecule has 0 aliphatic heterocycles. The van der Waals surface area contributed by atoms with Crippen molar-refractivity contribution in [2.24, 2.45) is 5.10 Å². The second-order valence-corrected chi connectivity index (χ2v) is 7.39. The molecule has 0 saturated carbocycles. The Labute approximate surface area is 201 Å². The Bertz CT molecular complexity index is 1240. The van der Waals surface area contributed by atoms with E-state index in [1.165, 1.54) is 13.3 Å². The van der Waals surface area contributed by atoms with Gasteiger partial charge in [-0.15, -0.1) is 0 Å². The quantitative estimate of drug-likeness (QED) is 0.361. The number of nitriles is 1. The predicted molar refractivity (Wildman–Crippen MR) is 128 cm³/mol. The van der Waals surface area contributed by atoms with Crippen LogP contribution in [0.5, 0.6) is 11.5 Å². The van der Waals surface area contributed by atoms with Gasteiger partial charge in [0.2, 0.25) is 0 Å². The lowest BCUT2D eigenvalue weighted by molar-refractivity contribution is -0.120. The first-order chi connectivity index (χ1) is 16.5. The van der Waals surface area contributed by atoms with Gasteiger partial charge in [0.25, 0.3) is 11.8 Å². The van der Waals surface area contributed by atoms with E-state index in [2.05, 4.69) is 21.9 Å². The highest BCUT2D eigenvalue weighted by Gasteiger charge is 2.12. The highest BCUT2D eigenvalue weighted by atomic mass is 35.5. The summed E-state index contributed by atoms with van der Waals surface area (Å²) in [5.74, 6) is -0.0318. The number of amides is 2. The Balaban J connectivity index is 1.56. The van der Waals surface area contributed by atoms with Gasteiger partial charge in [-0.2, -0.15) is 10.4 Å². The summed E-state index contributed by atoms with van der Waals surface area (Å²) in [6.45, 7) is 0.00133. The summed E-state index contributed by atoms with van der Waals surface area (Å²) in [4.78, 5) is 24.4. The number of rotatable bonds is 9. The molecule has 0 bridgehead atoms. The number of benzene rings is 3. The number of ether oxygens (including phenoxy) is 2. The van der Waals surface area contributed by atoms with Crippen molar-refractivity contribution in [3.05, 3.63) is 94.0 Å². The molecule has 172 valence electrons. The van der Waals surface area contributed by atoms with Gasteiger partial charge in [0, 0.05) is 10.6 Å². The van der Waals surface area contributed by atoms with Gasteiger partial charge in [0.05, 0.1) is 37.1 Å². The number of hydrazone groups is 1. The van der Waals surface area contributed by atoms with Gasteiger partial charge < -0.3 is 14.8 Å². The van der Waals surface area contributed by atoms with Crippen LogP contribution < -0.4 is 20.2 Å². The first kappa shape index (κ1) is 24.3. The van der Waals surface area contributed by atoms with E-state index in [0.717, 1.165) is 5.56 Å². The number of hydrogen-bond acceptors (Lipinski definition) is 6. The molecule has 0 aliphatic rings. The number of carbonyl (C=O) groups excluding carboxylic acids is 2. The minimum atomic E-state index is -0.512. The first-order valence-electron chi connectivity index (χ1n) is 10.1. The van der Waals surface area contributed by atoms with E-state index in [9.17, 15) is 9.59 Å². The van der Waals surface area contributed by atoms with Crippen molar-refractivity contribution in [3.63, 3.8) is 0 Å². The number of hydrogen-bond donors (Lipinski definition) is 2. The second kappa shape index (κ2) is 12.0. The highest BCUT2D eigenvalue weighted by molar-refractivity contribution is 6.30. The number of carbonyl (C=O) groups is 2. The lowest BCUT2D eigenvalue weighted by atomic mass is 10.1. The van der Waals surface area contributed by atoms with E-state index in [0.29, 0.717) is 33.2 Å². The molecular formula is C25H21ClN4O4. The summed E-state index contributed by atoms with van der Waals surface area (Å²) in [6.07, 6.45) is 1.40. The summed E-state index contributed by atoms with van der Waals surface area (Å²) in [5, 5.41) is 15.8. The predicted octanol–water partition coefficient (Wildman–Crippen LogP) is 3.68. The van der Waals surface area contributed by atoms with Crippen LogP contribution in [0.4, 0.5) is 0 Å². The van der Waals surface area contributed by atoms with Crippen LogP contribution in [0.25, 0.3) is 0 Å². The molecule has 2 amide bonds. The van der Waals surface area contributed by atoms with E-state index >= 15 is 0 Å². The van der Waals surface area contributed by atoms with Gasteiger partial charge >= 0.3 is 0 Å². The maximum absolute atomic E-state index is 12.3. The highest BCUT2D eigenvalue weighted by Crippen LogP contribution is 2.22. The zero-order chi connectivity index (χ0) is 24.3. The van der Waals surface area contributed by atoms with Crippen LogP contribution in [0.3, 0.4) is 0 Å². The maximum Gasteiger partial charge on any atom is 0.259 e. The second-order valence-electron chi connectivity index (χ2n) is 6.96. The van der Waals surface area contributed by atoms with Crippen LogP contribution in [0.15, 0.2) is 71.8 Å². The molecule has 0 heterocycles. The molecule has 0 fully saturated rings. The lowest BCUT2D eigenvalue weighted by Gasteiger charge is -2.10. The smallest absolute Gasteiger partial charge is 0.259 e. The van der Waals surface area contributed by atoms with Crippen molar-refractivity contribution in [2.45, 2.75) is 6.61 Å². The number of halogens is 1. The van der Waals surface area contributed by atoms with E-state index in [4.69, 9.17) is 26.3 Å². The molecule has 3 rings (SSSR count). The summed E-state index contributed by atoms with van der Waals surface area (Å²) in [6, 6.07) is 20.8. The van der Waals surface area contributed by atoms with Crippen LogP contribution in [-0.2, 0) is 11.4 Å². The largest absolute Gasteiger partial charge is 0.496 e. The third-order valence-electron chi connectivity index (χ3n) is 4.60.